The number of hydrogen-bond acceptors (Lipinski definition) is 4. The Kier molecular flexibility index (Phi) is 4.76. The Labute approximate surface area is 154 Å². The van der Waals surface area contributed by atoms with Crippen LogP contribution in [0.2, 0.25) is 0 Å². The van der Waals surface area contributed by atoms with Gasteiger partial charge in [-0.15, -0.1) is 0 Å². The third-order valence-electron chi connectivity index (χ3n) is 5.74. The van der Waals surface area contributed by atoms with Gasteiger partial charge in [0.25, 0.3) is 0 Å². The van der Waals surface area contributed by atoms with E-state index in [-0.39, 0.29) is 11.9 Å². The summed E-state index contributed by atoms with van der Waals surface area (Å²) < 4.78 is 1.81. The van der Waals surface area contributed by atoms with Crippen molar-refractivity contribution < 1.29 is 4.79 Å². The molecule has 1 atom stereocenters. The van der Waals surface area contributed by atoms with E-state index in [9.17, 15) is 4.79 Å². The molecule has 0 saturated carbocycles. The van der Waals surface area contributed by atoms with Gasteiger partial charge in [-0.2, -0.15) is 5.10 Å². The molecule has 2 aliphatic rings. The highest BCUT2D eigenvalue weighted by atomic mass is 16.2. The molecule has 4 rings (SSSR count). The minimum atomic E-state index is 0.0287. The molecule has 6 nitrogen and oxygen atoms in total. The summed E-state index contributed by atoms with van der Waals surface area (Å²) in [6.45, 7) is 4.77. The van der Waals surface area contributed by atoms with Gasteiger partial charge >= 0.3 is 0 Å². The molecule has 2 saturated heterocycles. The summed E-state index contributed by atoms with van der Waals surface area (Å²) in [4.78, 5) is 21.7. The van der Waals surface area contributed by atoms with Crippen LogP contribution in [0.4, 0.5) is 5.82 Å². The summed E-state index contributed by atoms with van der Waals surface area (Å²) in [5, 5.41) is 4.38. The molecule has 2 aromatic rings. The molecule has 2 aromatic heterocycles. The second-order valence-corrected chi connectivity index (χ2v) is 7.57. The van der Waals surface area contributed by atoms with E-state index in [0.29, 0.717) is 5.92 Å². The second-order valence-electron chi connectivity index (χ2n) is 7.57. The number of anilines is 1. The molecule has 138 valence electrons. The molecule has 0 radical (unpaired) electrons. The maximum atomic E-state index is 13.0. The van der Waals surface area contributed by atoms with Crippen molar-refractivity contribution in [2.75, 3.05) is 24.5 Å². The maximum absolute atomic E-state index is 13.0. The van der Waals surface area contributed by atoms with E-state index >= 15 is 0 Å². The van der Waals surface area contributed by atoms with Gasteiger partial charge < -0.3 is 0 Å². The van der Waals surface area contributed by atoms with Crippen LogP contribution in [-0.2, 0) is 18.3 Å². The van der Waals surface area contributed by atoms with Gasteiger partial charge in [-0.25, -0.2) is 0 Å². The van der Waals surface area contributed by atoms with E-state index < -0.39 is 0 Å². The number of carbonyl (C=O) groups is 1. The summed E-state index contributed by atoms with van der Waals surface area (Å²) in [5.74, 6) is 1.82. The normalized spacial score (nSPS) is 22.3. The molecular weight excluding hydrogens is 326 g/mol. The number of likely N-dealkylation sites (tertiary alicyclic amines) is 1. The maximum Gasteiger partial charge on any atom is 0.245 e. The van der Waals surface area contributed by atoms with Gasteiger partial charge in [-0.05, 0) is 63.7 Å². The fourth-order valence-electron chi connectivity index (χ4n) is 4.36. The summed E-state index contributed by atoms with van der Waals surface area (Å²) >= 11 is 0. The Hall–Kier alpha value is -2.21. The van der Waals surface area contributed by atoms with Crippen LogP contribution in [-0.4, -0.2) is 51.2 Å². The summed E-state index contributed by atoms with van der Waals surface area (Å²) in [5.41, 5.74) is 2.13. The van der Waals surface area contributed by atoms with Crippen LogP contribution < -0.4 is 4.90 Å². The lowest BCUT2D eigenvalue weighted by molar-refractivity contribution is -0.122. The first-order chi connectivity index (χ1) is 12.6. The number of carbonyl (C=O) groups excluding carboxylic acids is 1. The standard InChI is InChI=1S/C20H27N5O/c1-15-13-19(23(2)22-15)25-12-8-18(20(25)26)24-10-6-16(7-11-24)14-17-5-3-4-9-21-17/h3-5,9,13,16,18H,6-8,10-12,14H2,1-2H3. The smallest absolute Gasteiger partial charge is 0.245 e. The molecule has 0 N–H and O–H groups in total. The predicted octanol–water partition coefficient (Wildman–Crippen LogP) is 2.18. The van der Waals surface area contributed by atoms with Crippen LogP contribution in [0, 0.1) is 12.8 Å². The molecule has 2 fully saturated rings. The number of aryl methyl sites for hydroxylation is 2. The van der Waals surface area contributed by atoms with Crippen molar-refractivity contribution in [2.45, 2.75) is 38.6 Å². The van der Waals surface area contributed by atoms with Crippen molar-refractivity contribution >= 4 is 11.7 Å². The highest BCUT2D eigenvalue weighted by Gasteiger charge is 2.39. The van der Waals surface area contributed by atoms with Crippen molar-refractivity contribution in [3.05, 3.63) is 41.9 Å². The lowest BCUT2D eigenvalue weighted by atomic mass is 9.91. The molecule has 0 bridgehead atoms. The number of amides is 1. The molecule has 26 heavy (non-hydrogen) atoms. The third kappa shape index (κ3) is 3.38. The molecule has 4 heterocycles. The van der Waals surface area contributed by atoms with Gasteiger partial charge in [0.15, 0.2) is 0 Å². The number of pyridine rings is 1. The number of rotatable bonds is 4. The Morgan fingerprint density at radius 3 is 2.62 bits per heavy atom. The van der Waals surface area contributed by atoms with Crippen molar-refractivity contribution in [1.29, 1.82) is 0 Å². The fraction of sp³-hybridized carbons (Fsp3) is 0.550. The van der Waals surface area contributed by atoms with Crippen molar-refractivity contribution in [3.8, 4) is 0 Å². The summed E-state index contributed by atoms with van der Waals surface area (Å²) in [7, 11) is 1.91. The minimum Gasteiger partial charge on any atom is -0.296 e. The van der Waals surface area contributed by atoms with Crippen LogP contribution >= 0.6 is 0 Å². The van der Waals surface area contributed by atoms with Crippen LogP contribution in [0.1, 0.15) is 30.7 Å². The van der Waals surface area contributed by atoms with E-state index in [1.165, 1.54) is 5.69 Å². The van der Waals surface area contributed by atoms with Gasteiger partial charge in [-0.1, -0.05) is 6.07 Å². The number of aromatic nitrogens is 3. The van der Waals surface area contributed by atoms with E-state index in [4.69, 9.17) is 0 Å². The van der Waals surface area contributed by atoms with Crippen molar-refractivity contribution in [2.24, 2.45) is 13.0 Å². The average molecular weight is 353 g/mol. The van der Waals surface area contributed by atoms with E-state index in [2.05, 4.69) is 27.1 Å². The zero-order chi connectivity index (χ0) is 18.1. The Morgan fingerprint density at radius 1 is 1.15 bits per heavy atom. The zero-order valence-corrected chi connectivity index (χ0v) is 15.6. The van der Waals surface area contributed by atoms with Crippen LogP contribution in [0.3, 0.4) is 0 Å². The molecule has 1 unspecified atom stereocenters. The predicted molar refractivity (Wildman–Crippen MR) is 101 cm³/mol. The first-order valence-electron chi connectivity index (χ1n) is 9.58. The minimum absolute atomic E-state index is 0.0287. The Balaban J connectivity index is 1.35. The molecule has 0 aliphatic carbocycles. The SMILES string of the molecule is Cc1cc(N2CCC(N3CCC(Cc4ccccn4)CC3)C2=O)n(C)n1. The quantitative estimate of drug-likeness (QED) is 0.845. The number of piperidine rings is 1. The van der Waals surface area contributed by atoms with E-state index in [0.717, 1.165) is 56.8 Å². The van der Waals surface area contributed by atoms with Crippen LogP contribution in [0.15, 0.2) is 30.5 Å². The Morgan fingerprint density at radius 2 is 1.96 bits per heavy atom. The van der Waals surface area contributed by atoms with Gasteiger partial charge in [0.1, 0.15) is 5.82 Å². The molecule has 1 amide bonds. The number of hydrogen-bond donors (Lipinski definition) is 0. The van der Waals surface area contributed by atoms with Crippen molar-refractivity contribution in [1.82, 2.24) is 19.7 Å². The zero-order valence-electron chi connectivity index (χ0n) is 15.6. The topological polar surface area (TPSA) is 54.3 Å². The van der Waals surface area contributed by atoms with E-state index in [1.54, 1.807) is 0 Å². The Bertz CT molecular complexity index is 764. The first kappa shape index (κ1) is 17.2. The molecule has 0 spiro atoms. The van der Waals surface area contributed by atoms with Gasteiger partial charge in [-0.3, -0.25) is 24.3 Å². The summed E-state index contributed by atoms with van der Waals surface area (Å²) in [6, 6.07) is 8.16. The van der Waals surface area contributed by atoms with Gasteiger partial charge in [0.05, 0.1) is 11.7 Å². The molecule has 6 heteroatoms. The monoisotopic (exact) mass is 353 g/mol. The highest BCUT2D eigenvalue weighted by Crippen LogP contribution is 2.28. The molecule has 0 aromatic carbocycles. The largest absolute Gasteiger partial charge is 0.296 e. The van der Waals surface area contributed by atoms with Crippen molar-refractivity contribution in [3.63, 3.8) is 0 Å². The fourth-order valence-corrected chi connectivity index (χ4v) is 4.36. The van der Waals surface area contributed by atoms with Crippen LogP contribution in [0.5, 0.6) is 0 Å². The third-order valence-corrected chi connectivity index (χ3v) is 5.74. The van der Waals surface area contributed by atoms with Gasteiger partial charge in [0, 0.05) is 31.5 Å². The lowest BCUT2D eigenvalue weighted by Gasteiger charge is -2.35. The average Bonchev–Trinajstić information content (AvgIpc) is 3.18. The molecular formula is C20H27N5O. The lowest BCUT2D eigenvalue weighted by Crippen LogP contribution is -2.46. The van der Waals surface area contributed by atoms with E-state index in [1.807, 2.05) is 41.9 Å². The van der Waals surface area contributed by atoms with Crippen LogP contribution in [0.25, 0.3) is 0 Å². The second kappa shape index (κ2) is 7.19. The highest BCUT2D eigenvalue weighted by molar-refractivity contribution is 5.98. The first-order valence-corrected chi connectivity index (χ1v) is 9.58. The van der Waals surface area contributed by atoms with Gasteiger partial charge in [0.2, 0.25) is 5.91 Å². The molecule has 2 aliphatic heterocycles. The number of nitrogens with zero attached hydrogens (tertiary/aromatic N) is 5. The summed E-state index contributed by atoms with van der Waals surface area (Å²) in [6.07, 6.45) is 6.12.